The van der Waals surface area contributed by atoms with Crippen molar-refractivity contribution in [1.82, 2.24) is 9.47 Å². The van der Waals surface area contributed by atoms with Crippen LogP contribution in [0.3, 0.4) is 0 Å². The lowest BCUT2D eigenvalue weighted by Gasteiger charge is -2.18. The summed E-state index contributed by atoms with van der Waals surface area (Å²) in [5, 5.41) is 2.91. The largest absolute Gasteiger partial charge is 0.324 e. The summed E-state index contributed by atoms with van der Waals surface area (Å²) in [5.74, 6) is 0. The number of carbonyl (C=O) groups excluding carboxylic acids is 1. The Kier molecular flexibility index (Phi) is 4.43. The van der Waals surface area contributed by atoms with Crippen molar-refractivity contribution >= 4 is 11.7 Å². The average molecular weight is 305 g/mol. The van der Waals surface area contributed by atoms with Crippen molar-refractivity contribution < 1.29 is 4.79 Å². The number of rotatable bonds is 4. The van der Waals surface area contributed by atoms with Crippen LogP contribution in [0.2, 0.25) is 0 Å². The smallest absolute Gasteiger partial charge is 0.321 e. The summed E-state index contributed by atoms with van der Waals surface area (Å²) >= 11 is 0. The molecule has 0 unspecified atom stereocenters. The lowest BCUT2D eigenvalue weighted by molar-refractivity contribution is 0.220. The molecule has 0 spiro atoms. The van der Waals surface area contributed by atoms with Crippen LogP contribution in [0.1, 0.15) is 5.56 Å². The van der Waals surface area contributed by atoms with Gasteiger partial charge < -0.3 is 14.8 Å². The molecule has 2 amide bonds. The second-order valence-corrected chi connectivity index (χ2v) is 5.41. The van der Waals surface area contributed by atoms with Gasteiger partial charge in [0.15, 0.2) is 0 Å². The number of hydrogen-bond donors (Lipinski definition) is 1. The lowest BCUT2D eigenvalue weighted by atomic mass is 10.2. The Hall–Kier alpha value is -3.01. The maximum Gasteiger partial charge on any atom is 0.321 e. The highest BCUT2D eigenvalue weighted by molar-refractivity contribution is 5.89. The minimum absolute atomic E-state index is 0.123. The fourth-order valence-electron chi connectivity index (χ4n) is 2.37. The average Bonchev–Trinajstić information content (AvgIpc) is 3.11. The van der Waals surface area contributed by atoms with Crippen LogP contribution < -0.4 is 5.32 Å². The molecule has 3 aromatic rings. The predicted molar refractivity (Wildman–Crippen MR) is 92.7 cm³/mol. The number of benzene rings is 2. The van der Waals surface area contributed by atoms with Crippen LogP contribution in [0, 0.1) is 0 Å². The second-order valence-electron chi connectivity index (χ2n) is 5.41. The van der Waals surface area contributed by atoms with E-state index in [1.807, 2.05) is 83.7 Å². The molecule has 0 radical (unpaired) electrons. The molecule has 1 aromatic heterocycles. The summed E-state index contributed by atoms with van der Waals surface area (Å²) in [7, 11) is 1.79. The van der Waals surface area contributed by atoms with E-state index in [-0.39, 0.29) is 6.03 Å². The lowest BCUT2D eigenvalue weighted by Crippen LogP contribution is -2.30. The van der Waals surface area contributed by atoms with Gasteiger partial charge >= 0.3 is 6.03 Å². The van der Waals surface area contributed by atoms with Gasteiger partial charge in [0.05, 0.1) is 0 Å². The fourth-order valence-corrected chi connectivity index (χ4v) is 2.37. The van der Waals surface area contributed by atoms with E-state index in [4.69, 9.17) is 0 Å². The van der Waals surface area contributed by atoms with E-state index in [9.17, 15) is 4.79 Å². The van der Waals surface area contributed by atoms with E-state index in [2.05, 4.69) is 5.32 Å². The summed E-state index contributed by atoms with van der Waals surface area (Å²) in [6, 6.07) is 21.5. The van der Waals surface area contributed by atoms with Crippen molar-refractivity contribution in [2.75, 3.05) is 12.4 Å². The predicted octanol–water partition coefficient (Wildman–Crippen LogP) is 4.14. The first-order valence-electron chi connectivity index (χ1n) is 7.52. The van der Waals surface area contributed by atoms with Gasteiger partial charge in [0.1, 0.15) is 0 Å². The number of nitrogens with zero attached hydrogens (tertiary/aromatic N) is 2. The van der Waals surface area contributed by atoms with Crippen molar-refractivity contribution in [3.8, 4) is 5.69 Å². The first-order valence-corrected chi connectivity index (χ1v) is 7.52. The highest BCUT2D eigenvalue weighted by atomic mass is 16.2. The third kappa shape index (κ3) is 3.80. The van der Waals surface area contributed by atoms with E-state index < -0.39 is 0 Å². The van der Waals surface area contributed by atoms with Crippen LogP contribution in [0.5, 0.6) is 0 Å². The second kappa shape index (κ2) is 6.83. The van der Waals surface area contributed by atoms with Gasteiger partial charge in [-0.15, -0.1) is 0 Å². The summed E-state index contributed by atoms with van der Waals surface area (Å²) < 4.78 is 2.02. The number of anilines is 1. The molecule has 0 aliphatic heterocycles. The van der Waals surface area contributed by atoms with E-state index in [1.54, 1.807) is 11.9 Å². The van der Waals surface area contributed by atoms with E-state index in [0.29, 0.717) is 6.54 Å². The molecule has 3 rings (SSSR count). The van der Waals surface area contributed by atoms with Crippen LogP contribution in [0.4, 0.5) is 10.5 Å². The normalized spacial score (nSPS) is 10.3. The number of hydrogen-bond acceptors (Lipinski definition) is 1. The Balaban J connectivity index is 1.61. The molecule has 0 saturated carbocycles. The standard InChI is InChI=1S/C19H19N3O/c1-21(15-16-7-3-2-4-8-16)19(23)20-17-9-11-18(12-10-17)22-13-5-6-14-22/h2-14H,15H2,1H3,(H,20,23). The molecule has 0 atom stereocenters. The van der Waals surface area contributed by atoms with Crippen molar-refractivity contribution in [2.45, 2.75) is 6.54 Å². The summed E-state index contributed by atoms with van der Waals surface area (Å²) in [4.78, 5) is 13.9. The maximum atomic E-state index is 12.2. The molecule has 0 saturated heterocycles. The number of nitrogens with one attached hydrogen (secondary N) is 1. The SMILES string of the molecule is CN(Cc1ccccc1)C(=O)Nc1ccc(-n2cccc2)cc1. The fraction of sp³-hybridized carbons (Fsp3) is 0.105. The van der Waals surface area contributed by atoms with E-state index >= 15 is 0 Å². The number of urea groups is 1. The molecule has 4 heteroatoms. The molecule has 0 aliphatic carbocycles. The molecule has 0 fully saturated rings. The number of aromatic nitrogens is 1. The van der Waals surface area contributed by atoms with Gasteiger partial charge in [0, 0.05) is 37.4 Å². The third-order valence-corrected chi connectivity index (χ3v) is 3.63. The first kappa shape index (κ1) is 14.9. The Bertz CT molecular complexity index is 749. The topological polar surface area (TPSA) is 37.3 Å². The molecule has 0 bridgehead atoms. The van der Waals surface area contributed by atoms with E-state index in [0.717, 1.165) is 16.9 Å². The zero-order chi connectivity index (χ0) is 16.1. The van der Waals surface area contributed by atoms with Crippen LogP contribution >= 0.6 is 0 Å². The third-order valence-electron chi connectivity index (χ3n) is 3.63. The molecular weight excluding hydrogens is 286 g/mol. The van der Waals surface area contributed by atoms with Crippen molar-refractivity contribution in [3.63, 3.8) is 0 Å². The Morgan fingerprint density at radius 1 is 0.957 bits per heavy atom. The van der Waals surface area contributed by atoms with Crippen LogP contribution in [-0.4, -0.2) is 22.5 Å². The van der Waals surface area contributed by atoms with Gasteiger partial charge in [-0.2, -0.15) is 0 Å². The Morgan fingerprint density at radius 2 is 1.61 bits per heavy atom. The molecule has 1 N–H and O–H groups in total. The zero-order valence-electron chi connectivity index (χ0n) is 13.0. The highest BCUT2D eigenvalue weighted by Crippen LogP contribution is 2.14. The van der Waals surface area contributed by atoms with Gasteiger partial charge in [-0.25, -0.2) is 4.79 Å². The molecule has 0 aliphatic rings. The van der Waals surface area contributed by atoms with Crippen molar-refractivity contribution in [1.29, 1.82) is 0 Å². The zero-order valence-corrected chi connectivity index (χ0v) is 13.0. The molecule has 23 heavy (non-hydrogen) atoms. The minimum Gasteiger partial charge on any atom is -0.324 e. The van der Waals surface area contributed by atoms with Crippen LogP contribution in [0.15, 0.2) is 79.1 Å². The number of carbonyl (C=O) groups is 1. The molecule has 116 valence electrons. The molecule has 1 heterocycles. The number of amides is 2. The van der Waals surface area contributed by atoms with Crippen LogP contribution in [0.25, 0.3) is 5.69 Å². The maximum absolute atomic E-state index is 12.2. The highest BCUT2D eigenvalue weighted by Gasteiger charge is 2.09. The molecular formula is C19H19N3O. The summed E-state index contributed by atoms with van der Waals surface area (Å²) in [6.45, 7) is 0.578. The first-order chi connectivity index (χ1) is 11.2. The van der Waals surface area contributed by atoms with Crippen LogP contribution in [-0.2, 0) is 6.54 Å². The van der Waals surface area contributed by atoms with Crippen molar-refractivity contribution in [2.24, 2.45) is 0 Å². The van der Waals surface area contributed by atoms with Gasteiger partial charge in [0.2, 0.25) is 0 Å². The Morgan fingerprint density at radius 3 is 2.26 bits per heavy atom. The van der Waals surface area contributed by atoms with E-state index in [1.165, 1.54) is 0 Å². The van der Waals surface area contributed by atoms with Crippen molar-refractivity contribution in [3.05, 3.63) is 84.7 Å². The Labute approximate surface area is 136 Å². The van der Waals surface area contributed by atoms with Gasteiger partial charge in [0.25, 0.3) is 0 Å². The quantitative estimate of drug-likeness (QED) is 0.773. The monoisotopic (exact) mass is 305 g/mol. The van der Waals surface area contributed by atoms with Gasteiger partial charge in [-0.1, -0.05) is 30.3 Å². The molecule has 4 nitrogen and oxygen atoms in total. The van der Waals surface area contributed by atoms with Gasteiger partial charge in [-0.05, 0) is 42.0 Å². The minimum atomic E-state index is -0.123. The summed E-state index contributed by atoms with van der Waals surface area (Å²) in [6.07, 6.45) is 3.97. The van der Waals surface area contributed by atoms with Gasteiger partial charge in [-0.3, -0.25) is 0 Å². The molecule has 2 aromatic carbocycles. The summed E-state index contributed by atoms with van der Waals surface area (Å²) in [5.41, 5.74) is 2.95.